The van der Waals surface area contributed by atoms with Gasteiger partial charge in [-0.15, -0.1) is 0 Å². The number of aliphatic hydroxyl groups is 1. The number of amides is 1. The first-order valence-corrected chi connectivity index (χ1v) is 11.5. The highest BCUT2D eigenvalue weighted by molar-refractivity contribution is 6.46. The molecule has 0 unspecified atom stereocenters. The molecule has 1 N–H and O–H groups in total. The fourth-order valence-electron chi connectivity index (χ4n) is 4.41. The van der Waals surface area contributed by atoms with Gasteiger partial charge in [0.25, 0.3) is 17.4 Å². The minimum absolute atomic E-state index is 0.0607. The summed E-state index contributed by atoms with van der Waals surface area (Å²) in [6.07, 6.45) is 2.07. The van der Waals surface area contributed by atoms with Gasteiger partial charge in [0.2, 0.25) is 0 Å². The van der Waals surface area contributed by atoms with Crippen molar-refractivity contribution in [2.75, 3.05) is 27.2 Å². The van der Waals surface area contributed by atoms with Crippen LogP contribution in [-0.4, -0.2) is 68.5 Å². The van der Waals surface area contributed by atoms with Crippen molar-refractivity contribution in [2.24, 2.45) is 0 Å². The van der Waals surface area contributed by atoms with Crippen LogP contribution in [0.3, 0.4) is 0 Å². The summed E-state index contributed by atoms with van der Waals surface area (Å²) in [6.45, 7) is 2.74. The van der Waals surface area contributed by atoms with Crippen molar-refractivity contribution < 1.29 is 19.6 Å². The van der Waals surface area contributed by atoms with Gasteiger partial charge in [0.1, 0.15) is 5.76 Å². The van der Waals surface area contributed by atoms with Gasteiger partial charge in [0.15, 0.2) is 0 Å². The van der Waals surface area contributed by atoms with Crippen molar-refractivity contribution in [3.63, 3.8) is 0 Å². The fourth-order valence-corrected chi connectivity index (χ4v) is 4.41. The molecule has 10 heteroatoms. The van der Waals surface area contributed by atoms with E-state index < -0.39 is 22.7 Å². The first-order chi connectivity index (χ1) is 17.2. The first kappa shape index (κ1) is 24.8. The number of carbonyl (C=O) groups is 2. The van der Waals surface area contributed by atoms with Crippen LogP contribution in [0.4, 0.5) is 5.69 Å². The summed E-state index contributed by atoms with van der Waals surface area (Å²) in [5, 5.41) is 26.9. The summed E-state index contributed by atoms with van der Waals surface area (Å²) in [6, 6.07) is 14.1. The van der Waals surface area contributed by atoms with Crippen LogP contribution < -0.4 is 0 Å². The summed E-state index contributed by atoms with van der Waals surface area (Å²) in [5.41, 5.74) is 2.04. The third-order valence-corrected chi connectivity index (χ3v) is 6.23. The topological polar surface area (TPSA) is 122 Å². The van der Waals surface area contributed by atoms with Crippen molar-refractivity contribution in [1.82, 2.24) is 19.6 Å². The van der Waals surface area contributed by atoms with Gasteiger partial charge >= 0.3 is 0 Å². The predicted octanol–water partition coefficient (Wildman–Crippen LogP) is 3.46. The Labute approximate surface area is 208 Å². The second kappa shape index (κ2) is 10.1. The van der Waals surface area contributed by atoms with Crippen LogP contribution in [0.5, 0.6) is 0 Å². The molecule has 36 heavy (non-hydrogen) atoms. The summed E-state index contributed by atoms with van der Waals surface area (Å²) in [7, 11) is 3.82. The van der Waals surface area contributed by atoms with Crippen molar-refractivity contribution in [3.8, 4) is 5.69 Å². The van der Waals surface area contributed by atoms with E-state index in [0.717, 1.165) is 5.69 Å². The van der Waals surface area contributed by atoms with E-state index in [4.69, 9.17) is 0 Å². The van der Waals surface area contributed by atoms with E-state index in [1.54, 1.807) is 11.6 Å². The van der Waals surface area contributed by atoms with Gasteiger partial charge in [-0.05, 0) is 63.8 Å². The number of hydrogen-bond acceptors (Lipinski definition) is 7. The molecule has 2 aromatic carbocycles. The first-order valence-electron chi connectivity index (χ1n) is 11.5. The molecule has 186 valence electrons. The Bertz CT molecular complexity index is 1330. The minimum atomic E-state index is -0.882. The zero-order chi connectivity index (χ0) is 26.0. The molecular weight excluding hydrogens is 462 g/mol. The van der Waals surface area contributed by atoms with E-state index in [2.05, 4.69) is 5.10 Å². The van der Waals surface area contributed by atoms with Gasteiger partial charge in [-0.25, -0.2) is 4.68 Å². The molecule has 4 rings (SSSR count). The molecule has 0 saturated carbocycles. The molecule has 10 nitrogen and oxygen atoms in total. The van der Waals surface area contributed by atoms with E-state index in [1.165, 1.54) is 35.4 Å². The van der Waals surface area contributed by atoms with Crippen LogP contribution in [0.2, 0.25) is 0 Å². The van der Waals surface area contributed by atoms with Gasteiger partial charge in [-0.3, -0.25) is 19.7 Å². The molecule has 2 heterocycles. The lowest BCUT2D eigenvalue weighted by molar-refractivity contribution is -0.384. The normalized spacial score (nSPS) is 17.2. The maximum atomic E-state index is 13.2. The van der Waals surface area contributed by atoms with Gasteiger partial charge in [-0.1, -0.05) is 18.2 Å². The Kier molecular flexibility index (Phi) is 6.98. The summed E-state index contributed by atoms with van der Waals surface area (Å²) in [4.78, 5) is 40.3. The Morgan fingerprint density at radius 1 is 1.11 bits per heavy atom. The zero-order valence-corrected chi connectivity index (χ0v) is 20.3. The van der Waals surface area contributed by atoms with E-state index in [9.17, 15) is 24.8 Å². The van der Waals surface area contributed by atoms with E-state index in [-0.39, 0.29) is 23.6 Å². The standard InChI is InChI=1S/C26H27N5O5/c1-17-21(16-27-30(17)19-8-5-4-6-9-19)24(32)22-23(18-10-12-20(13-11-18)31(35)36)29(26(34)25(22)33)15-7-14-28(2)3/h4-6,8-13,16,23,32H,7,14-15H2,1-3H3/t23-/m0/s1. The summed E-state index contributed by atoms with van der Waals surface area (Å²) in [5.74, 6) is -1.84. The monoisotopic (exact) mass is 489 g/mol. The minimum Gasteiger partial charge on any atom is -0.507 e. The third kappa shape index (κ3) is 4.63. The van der Waals surface area contributed by atoms with Crippen LogP contribution in [0.25, 0.3) is 11.4 Å². The van der Waals surface area contributed by atoms with Crippen LogP contribution in [0.15, 0.2) is 66.4 Å². The van der Waals surface area contributed by atoms with Crippen molar-refractivity contribution in [1.29, 1.82) is 0 Å². The number of nitro benzene ring substituents is 1. The number of likely N-dealkylation sites (tertiary alicyclic amines) is 1. The molecule has 3 aromatic rings. The molecule has 0 aliphatic carbocycles. The highest BCUT2D eigenvalue weighted by Crippen LogP contribution is 2.40. The second-order valence-electron chi connectivity index (χ2n) is 8.89. The number of hydrogen-bond donors (Lipinski definition) is 1. The Morgan fingerprint density at radius 3 is 2.39 bits per heavy atom. The van der Waals surface area contributed by atoms with Crippen molar-refractivity contribution >= 4 is 23.1 Å². The highest BCUT2D eigenvalue weighted by atomic mass is 16.6. The average molecular weight is 490 g/mol. The number of aliphatic hydroxyl groups excluding tert-OH is 1. The van der Waals surface area contributed by atoms with Gasteiger partial charge < -0.3 is 14.9 Å². The largest absolute Gasteiger partial charge is 0.507 e. The Balaban J connectivity index is 1.81. The van der Waals surface area contributed by atoms with Gasteiger partial charge in [0.05, 0.1) is 39.7 Å². The molecule has 1 aromatic heterocycles. The molecule has 1 fully saturated rings. The van der Waals surface area contributed by atoms with E-state index in [1.807, 2.05) is 49.3 Å². The number of rotatable bonds is 8. The van der Waals surface area contributed by atoms with Crippen LogP contribution in [0.1, 0.15) is 29.3 Å². The smallest absolute Gasteiger partial charge is 0.295 e. The number of Topliss-reactive ketones (excluding diaryl/α,β-unsaturated/α-hetero) is 1. The summed E-state index contributed by atoms with van der Waals surface area (Å²) >= 11 is 0. The number of non-ortho nitro benzene ring substituents is 1. The number of benzene rings is 2. The molecule has 0 bridgehead atoms. The lowest BCUT2D eigenvalue weighted by Crippen LogP contribution is -2.32. The van der Waals surface area contributed by atoms with Gasteiger partial charge in [0, 0.05) is 18.7 Å². The highest BCUT2D eigenvalue weighted by Gasteiger charge is 2.46. The third-order valence-electron chi connectivity index (χ3n) is 6.23. The Hall–Kier alpha value is -4.31. The van der Waals surface area contributed by atoms with E-state index in [0.29, 0.717) is 29.8 Å². The maximum absolute atomic E-state index is 13.2. The summed E-state index contributed by atoms with van der Waals surface area (Å²) < 4.78 is 1.64. The van der Waals surface area contributed by atoms with Crippen molar-refractivity contribution in [2.45, 2.75) is 19.4 Å². The van der Waals surface area contributed by atoms with Crippen LogP contribution >= 0.6 is 0 Å². The predicted molar refractivity (Wildman–Crippen MR) is 134 cm³/mol. The number of carbonyl (C=O) groups excluding carboxylic acids is 2. The molecule has 1 amide bonds. The van der Waals surface area contributed by atoms with Crippen molar-refractivity contribution in [3.05, 3.63) is 93.3 Å². The fraction of sp³-hybridized carbons (Fsp3) is 0.269. The second-order valence-corrected chi connectivity index (χ2v) is 8.89. The lowest BCUT2D eigenvalue weighted by atomic mass is 9.95. The average Bonchev–Trinajstić information content (AvgIpc) is 3.36. The molecule has 1 aliphatic rings. The molecule has 0 radical (unpaired) electrons. The maximum Gasteiger partial charge on any atom is 0.295 e. The zero-order valence-electron chi connectivity index (χ0n) is 20.3. The molecular formula is C26H27N5O5. The quantitative estimate of drug-likeness (QED) is 0.169. The lowest BCUT2D eigenvalue weighted by Gasteiger charge is -2.25. The number of nitrogens with zero attached hydrogens (tertiary/aromatic N) is 5. The van der Waals surface area contributed by atoms with Gasteiger partial charge in [-0.2, -0.15) is 5.10 Å². The molecule has 0 spiro atoms. The number of nitro groups is 1. The molecule has 1 aliphatic heterocycles. The SMILES string of the molecule is Cc1c(C(O)=C2C(=O)C(=O)N(CCCN(C)C)[C@H]2c2ccc([N+](=O)[O-])cc2)cnn1-c1ccccc1. The van der Waals surface area contributed by atoms with Crippen LogP contribution in [-0.2, 0) is 9.59 Å². The Morgan fingerprint density at radius 2 is 1.78 bits per heavy atom. The van der Waals surface area contributed by atoms with E-state index >= 15 is 0 Å². The van der Waals surface area contributed by atoms with Crippen LogP contribution in [0, 0.1) is 17.0 Å². The molecule has 1 atom stereocenters. The number of aromatic nitrogens is 2. The number of para-hydroxylation sites is 1. The molecule has 1 saturated heterocycles. The number of ketones is 1.